The third kappa shape index (κ3) is 3.61. The summed E-state index contributed by atoms with van der Waals surface area (Å²) in [6, 6.07) is -0.834. The summed E-state index contributed by atoms with van der Waals surface area (Å²) in [5.41, 5.74) is 5.86. The number of rotatable bonds is 5. The summed E-state index contributed by atoms with van der Waals surface area (Å²) < 4.78 is 0. The van der Waals surface area contributed by atoms with Gasteiger partial charge in [0.2, 0.25) is 11.8 Å². The van der Waals surface area contributed by atoms with Crippen molar-refractivity contribution in [3.63, 3.8) is 0 Å². The molecule has 3 N–H and O–H groups in total. The van der Waals surface area contributed by atoms with Crippen LogP contribution in [0.2, 0.25) is 0 Å². The molecule has 1 heterocycles. The van der Waals surface area contributed by atoms with E-state index in [0.717, 1.165) is 5.75 Å². The number of carbonyl (C=O) groups excluding carboxylic acids is 2. The number of nitrogens with zero attached hydrogens (tertiary/aromatic N) is 1. The van der Waals surface area contributed by atoms with Crippen molar-refractivity contribution in [3.8, 4) is 0 Å². The van der Waals surface area contributed by atoms with E-state index in [0.29, 0.717) is 25.9 Å². The van der Waals surface area contributed by atoms with Crippen molar-refractivity contribution in [2.75, 3.05) is 25.1 Å². The first-order valence-corrected chi connectivity index (χ1v) is 7.33. The van der Waals surface area contributed by atoms with Crippen LogP contribution in [0.15, 0.2) is 0 Å². The minimum Gasteiger partial charge on any atom is -0.353 e. The molecule has 0 spiro atoms. The summed E-state index contributed by atoms with van der Waals surface area (Å²) in [7, 11) is 0. The summed E-state index contributed by atoms with van der Waals surface area (Å²) in [4.78, 5) is 25.4. The second kappa shape index (κ2) is 6.86. The normalized spacial score (nSPS) is 22.2. The minimum atomic E-state index is -0.484. The lowest BCUT2D eigenvalue weighted by Crippen LogP contribution is -2.60. The molecule has 1 aliphatic heterocycles. The molecule has 98 valence electrons. The standard InChI is InChI=1S/C11H21N3O2S/c1-3-9-10(15)13-5-6-14(9)11(16)8(12)4-7-17-2/h8-9H,3-7,12H2,1-2H3,(H,13,15)/t8-,9?/m1/s1. The first-order valence-electron chi connectivity index (χ1n) is 5.94. The summed E-state index contributed by atoms with van der Waals surface area (Å²) in [6.45, 7) is 3.00. The van der Waals surface area contributed by atoms with Gasteiger partial charge in [0.25, 0.3) is 0 Å². The van der Waals surface area contributed by atoms with Crippen LogP contribution in [0, 0.1) is 0 Å². The molecule has 1 aliphatic rings. The topological polar surface area (TPSA) is 75.4 Å². The van der Waals surface area contributed by atoms with Gasteiger partial charge >= 0.3 is 0 Å². The summed E-state index contributed by atoms with van der Waals surface area (Å²) in [6.07, 6.45) is 3.28. The molecule has 0 aromatic carbocycles. The minimum absolute atomic E-state index is 0.0656. The Balaban J connectivity index is 2.62. The SMILES string of the molecule is CCC1C(=O)NCCN1C(=O)[C@H](N)CCSC. The van der Waals surface area contributed by atoms with Gasteiger partial charge in [-0.15, -0.1) is 0 Å². The molecule has 0 aromatic heterocycles. The van der Waals surface area contributed by atoms with E-state index in [9.17, 15) is 9.59 Å². The third-order valence-electron chi connectivity index (χ3n) is 2.95. The molecule has 0 saturated carbocycles. The van der Waals surface area contributed by atoms with Crippen LogP contribution in [-0.4, -0.2) is 53.9 Å². The van der Waals surface area contributed by atoms with Gasteiger partial charge in [-0.3, -0.25) is 9.59 Å². The molecule has 0 aromatic rings. The molecule has 6 heteroatoms. The molecule has 1 unspecified atom stereocenters. The first-order chi connectivity index (χ1) is 8.11. The van der Waals surface area contributed by atoms with Crippen LogP contribution in [0.4, 0.5) is 0 Å². The van der Waals surface area contributed by atoms with Crippen LogP contribution in [-0.2, 0) is 9.59 Å². The molecular weight excluding hydrogens is 238 g/mol. The van der Waals surface area contributed by atoms with Gasteiger partial charge in [-0.05, 0) is 24.9 Å². The summed E-state index contributed by atoms with van der Waals surface area (Å²) >= 11 is 1.67. The molecular formula is C11H21N3O2S. The van der Waals surface area contributed by atoms with E-state index in [2.05, 4.69) is 5.32 Å². The number of nitrogens with one attached hydrogen (secondary N) is 1. The molecule has 2 amide bonds. The maximum Gasteiger partial charge on any atom is 0.242 e. The Morgan fingerprint density at radius 1 is 1.71 bits per heavy atom. The van der Waals surface area contributed by atoms with Gasteiger partial charge in [-0.1, -0.05) is 6.92 Å². The molecule has 0 radical (unpaired) electrons. The Bertz CT molecular complexity index is 286. The van der Waals surface area contributed by atoms with Gasteiger partial charge in [0.1, 0.15) is 6.04 Å². The number of thioether (sulfide) groups is 1. The van der Waals surface area contributed by atoms with E-state index in [1.165, 1.54) is 0 Å². The highest BCUT2D eigenvalue weighted by atomic mass is 32.2. The predicted octanol–water partition coefficient (Wildman–Crippen LogP) is -0.196. The van der Waals surface area contributed by atoms with Gasteiger partial charge in [0, 0.05) is 13.1 Å². The van der Waals surface area contributed by atoms with Gasteiger partial charge in [-0.2, -0.15) is 11.8 Å². The molecule has 1 saturated heterocycles. The van der Waals surface area contributed by atoms with E-state index in [4.69, 9.17) is 5.73 Å². The fraction of sp³-hybridized carbons (Fsp3) is 0.818. The Kier molecular flexibility index (Phi) is 5.77. The van der Waals surface area contributed by atoms with Crippen molar-refractivity contribution < 1.29 is 9.59 Å². The van der Waals surface area contributed by atoms with Crippen molar-refractivity contribution >= 4 is 23.6 Å². The number of amides is 2. The van der Waals surface area contributed by atoms with Gasteiger partial charge < -0.3 is 16.0 Å². The second-order valence-electron chi connectivity index (χ2n) is 4.13. The Morgan fingerprint density at radius 3 is 3.00 bits per heavy atom. The zero-order chi connectivity index (χ0) is 12.8. The Hall–Kier alpha value is -0.750. The Labute approximate surface area is 106 Å². The predicted molar refractivity (Wildman–Crippen MR) is 69.8 cm³/mol. The Morgan fingerprint density at radius 2 is 2.41 bits per heavy atom. The highest BCUT2D eigenvalue weighted by Gasteiger charge is 2.33. The van der Waals surface area contributed by atoms with E-state index in [1.807, 2.05) is 13.2 Å². The van der Waals surface area contributed by atoms with E-state index in [1.54, 1.807) is 16.7 Å². The van der Waals surface area contributed by atoms with Gasteiger partial charge in [-0.25, -0.2) is 0 Å². The maximum atomic E-state index is 12.1. The largest absolute Gasteiger partial charge is 0.353 e. The van der Waals surface area contributed by atoms with Crippen LogP contribution >= 0.6 is 11.8 Å². The number of hydrogen-bond donors (Lipinski definition) is 2. The third-order valence-corrected chi connectivity index (χ3v) is 3.59. The van der Waals surface area contributed by atoms with Crippen molar-refractivity contribution in [3.05, 3.63) is 0 Å². The monoisotopic (exact) mass is 259 g/mol. The molecule has 0 aliphatic carbocycles. The number of carbonyl (C=O) groups is 2. The molecule has 17 heavy (non-hydrogen) atoms. The van der Waals surface area contributed by atoms with Gasteiger partial charge in [0.15, 0.2) is 0 Å². The smallest absolute Gasteiger partial charge is 0.242 e. The number of nitrogens with two attached hydrogens (primary N) is 1. The average Bonchev–Trinajstić information content (AvgIpc) is 2.34. The highest BCUT2D eigenvalue weighted by molar-refractivity contribution is 7.98. The lowest BCUT2D eigenvalue weighted by atomic mass is 10.1. The second-order valence-corrected chi connectivity index (χ2v) is 5.12. The molecule has 1 rings (SSSR count). The van der Waals surface area contributed by atoms with Crippen LogP contribution in [0.5, 0.6) is 0 Å². The van der Waals surface area contributed by atoms with Crippen molar-refractivity contribution in [2.45, 2.75) is 31.8 Å². The zero-order valence-electron chi connectivity index (χ0n) is 10.4. The van der Waals surface area contributed by atoms with Crippen LogP contribution in [0.25, 0.3) is 0 Å². The maximum absolute atomic E-state index is 12.1. The zero-order valence-corrected chi connectivity index (χ0v) is 11.3. The molecule has 2 atom stereocenters. The van der Waals surface area contributed by atoms with E-state index < -0.39 is 6.04 Å². The fourth-order valence-electron chi connectivity index (χ4n) is 1.97. The van der Waals surface area contributed by atoms with Gasteiger partial charge in [0.05, 0.1) is 6.04 Å². The number of piperazine rings is 1. The molecule has 5 nitrogen and oxygen atoms in total. The highest BCUT2D eigenvalue weighted by Crippen LogP contribution is 2.11. The van der Waals surface area contributed by atoms with Crippen LogP contribution in [0.1, 0.15) is 19.8 Å². The van der Waals surface area contributed by atoms with Crippen molar-refractivity contribution in [1.29, 1.82) is 0 Å². The number of hydrogen-bond acceptors (Lipinski definition) is 4. The van der Waals surface area contributed by atoms with Crippen LogP contribution < -0.4 is 11.1 Å². The van der Waals surface area contributed by atoms with Crippen molar-refractivity contribution in [1.82, 2.24) is 10.2 Å². The summed E-state index contributed by atoms with van der Waals surface area (Å²) in [5, 5.41) is 2.77. The van der Waals surface area contributed by atoms with E-state index >= 15 is 0 Å². The van der Waals surface area contributed by atoms with E-state index in [-0.39, 0.29) is 17.9 Å². The fourth-order valence-corrected chi connectivity index (χ4v) is 2.46. The molecule has 0 bridgehead atoms. The van der Waals surface area contributed by atoms with Crippen LogP contribution in [0.3, 0.4) is 0 Å². The average molecular weight is 259 g/mol. The first kappa shape index (κ1) is 14.3. The lowest BCUT2D eigenvalue weighted by Gasteiger charge is -2.36. The van der Waals surface area contributed by atoms with Crippen molar-refractivity contribution in [2.24, 2.45) is 5.73 Å². The molecule has 1 fully saturated rings. The summed E-state index contributed by atoms with van der Waals surface area (Å²) in [5.74, 6) is 0.703. The lowest BCUT2D eigenvalue weighted by molar-refractivity contribution is -0.144. The quantitative estimate of drug-likeness (QED) is 0.717.